The molecular weight excluding hydrogens is 221 g/mol. The Morgan fingerprint density at radius 1 is 1.41 bits per heavy atom. The molecule has 0 saturated heterocycles. The van der Waals surface area contributed by atoms with Crippen molar-refractivity contribution >= 4 is 5.91 Å². The summed E-state index contributed by atoms with van der Waals surface area (Å²) in [6.07, 6.45) is 2.28. The molecule has 92 valence electrons. The summed E-state index contributed by atoms with van der Waals surface area (Å²) >= 11 is 0. The lowest BCUT2D eigenvalue weighted by Crippen LogP contribution is -2.50. The van der Waals surface area contributed by atoms with Crippen LogP contribution in [0.2, 0.25) is 0 Å². The zero-order valence-electron chi connectivity index (χ0n) is 9.58. The van der Waals surface area contributed by atoms with Crippen molar-refractivity contribution in [3.8, 4) is 0 Å². The highest BCUT2D eigenvalue weighted by molar-refractivity contribution is 5.89. The molecule has 0 atom stereocenters. The van der Waals surface area contributed by atoms with Crippen molar-refractivity contribution in [3.63, 3.8) is 0 Å². The van der Waals surface area contributed by atoms with E-state index in [0.717, 1.165) is 6.42 Å². The van der Waals surface area contributed by atoms with E-state index in [-0.39, 0.29) is 24.9 Å². The fourth-order valence-corrected chi connectivity index (χ4v) is 2.34. The molecule has 1 aromatic carbocycles. The van der Waals surface area contributed by atoms with Gasteiger partial charge in [0.25, 0.3) is 0 Å². The van der Waals surface area contributed by atoms with Gasteiger partial charge >= 0.3 is 0 Å². The first-order chi connectivity index (χ1) is 8.20. The molecule has 2 rings (SSSR count). The van der Waals surface area contributed by atoms with Crippen molar-refractivity contribution in [1.82, 2.24) is 5.32 Å². The number of halogens is 1. The van der Waals surface area contributed by atoms with Crippen molar-refractivity contribution in [2.24, 2.45) is 0 Å². The molecule has 0 radical (unpaired) electrons. The van der Waals surface area contributed by atoms with Crippen LogP contribution in [0.3, 0.4) is 0 Å². The van der Waals surface area contributed by atoms with Crippen LogP contribution in [0.15, 0.2) is 24.3 Å². The maximum Gasteiger partial charge on any atom is 0.230 e. The molecule has 1 aromatic rings. The summed E-state index contributed by atoms with van der Waals surface area (Å²) in [5.74, 6) is -0.505. The van der Waals surface area contributed by atoms with Crippen LogP contribution >= 0.6 is 0 Å². The molecule has 1 saturated carbocycles. The van der Waals surface area contributed by atoms with Gasteiger partial charge in [-0.25, -0.2) is 4.39 Å². The Bertz CT molecular complexity index is 416. The second kappa shape index (κ2) is 4.84. The van der Waals surface area contributed by atoms with Gasteiger partial charge in [-0.15, -0.1) is 0 Å². The fraction of sp³-hybridized carbons (Fsp3) is 0.462. The zero-order valence-corrected chi connectivity index (χ0v) is 9.58. The summed E-state index contributed by atoms with van der Waals surface area (Å²) in [4.78, 5) is 12.1. The lowest BCUT2D eigenvalue weighted by Gasteiger charge is -2.40. The Morgan fingerprint density at radius 3 is 2.65 bits per heavy atom. The van der Waals surface area contributed by atoms with E-state index in [0.29, 0.717) is 18.4 Å². The third-order valence-electron chi connectivity index (χ3n) is 3.43. The molecule has 0 bridgehead atoms. The second-order valence-corrected chi connectivity index (χ2v) is 4.40. The van der Waals surface area contributed by atoms with Crippen LogP contribution in [-0.2, 0) is 10.2 Å². The molecule has 0 heterocycles. The van der Waals surface area contributed by atoms with Gasteiger partial charge in [0.05, 0.1) is 12.0 Å². The number of hydrogen-bond donors (Lipinski definition) is 2. The van der Waals surface area contributed by atoms with Gasteiger partial charge in [0, 0.05) is 12.1 Å². The van der Waals surface area contributed by atoms with Gasteiger partial charge in [-0.2, -0.15) is 0 Å². The second-order valence-electron chi connectivity index (χ2n) is 4.40. The highest BCUT2D eigenvalue weighted by Crippen LogP contribution is 2.44. The van der Waals surface area contributed by atoms with E-state index in [1.165, 1.54) is 6.07 Å². The Kier molecular flexibility index (Phi) is 3.43. The van der Waals surface area contributed by atoms with E-state index < -0.39 is 5.41 Å². The molecule has 0 aliphatic heterocycles. The third-order valence-corrected chi connectivity index (χ3v) is 3.43. The van der Waals surface area contributed by atoms with E-state index >= 15 is 0 Å². The number of amides is 1. The molecular formula is C13H16FNO2. The molecule has 1 amide bonds. The van der Waals surface area contributed by atoms with Gasteiger partial charge in [-0.3, -0.25) is 4.79 Å². The van der Waals surface area contributed by atoms with Crippen LogP contribution in [-0.4, -0.2) is 24.2 Å². The lowest BCUT2D eigenvalue weighted by molar-refractivity contribution is -0.130. The predicted molar refractivity (Wildman–Crippen MR) is 62.0 cm³/mol. The summed E-state index contributed by atoms with van der Waals surface area (Å²) < 4.78 is 13.8. The molecule has 3 nitrogen and oxygen atoms in total. The Labute approximate surface area is 99.7 Å². The van der Waals surface area contributed by atoms with Crippen molar-refractivity contribution in [1.29, 1.82) is 0 Å². The number of carbonyl (C=O) groups is 1. The largest absolute Gasteiger partial charge is 0.395 e. The quantitative estimate of drug-likeness (QED) is 0.830. The van der Waals surface area contributed by atoms with Crippen molar-refractivity contribution in [2.45, 2.75) is 24.7 Å². The third kappa shape index (κ3) is 2.05. The zero-order chi connectivity index (χ0) is 12.3. The van der Waals surface area contributed by atoms with E-state index in [4.69, 9.17) is 5.11 Å². The van der Waals surface area contributed by atoms with Crippen molar-refractivity contribution < 1.29 is 14.3 Å². The number of rotatable bonds is 4. The van der Waals surface area contributed by atoms with Gasteiger partial charge in [-0.1, -0.05) is 24.6 Å². The van der Waals surface area contributed by atoms with Crippen LogP contribution < -0.4 is 5.32 Å². The maximum absolute atomic E-state index is 13.8. The van der Waals surface area contributed by atoms with E-state index in [2.05, 4.69) is 5.32 Å². The standard InChI is InChI=1S/C13H16FNO2/c14-11-5-2-1-4-10(11)13(6-3-7-13)12(17)15-8-9-16/h1-2,4-5,16H,3,6-9H2,(H,15,17). The average molecular weight is 237 g/mol. The molecule has 4 heteroatoms. The number of hydrogen-bond acceptors (Lipinski definition) is 2. The van der Waals surface area contributed by atoms with Crippen LogP contribution in [0, 0.1) is 5.82 Å². The molecule has 2 N–H and O–H groups in total. The SMILES string of the molecule is O=C(NCCO)C1(c2ccccc2F)CCC1. The Hall–Kier alpha value is -1.42. The maximum atomic E-state index is 13.8. The molecule has 0 unspecified atom stereocenters. The van der Waals surface area contributed by atoms with Crippen LogP contribution in [0.5, 0.6) is 0 Å². The van der Waals surface area contributed by atoms with Crippen molar-refractivity contribution in [2.75, 3.05) is 13.2 Å². The predicted octanol–water partition coefficient (Wildman–Crippen LogP) is 1.36. The molecule has 1 aliphatic carbocycles. The van der Waals surface area contributed by atoms with E-state index in [1.54, 1.807) is 18.2 Å². The number of aliphatic hydroxyl groups excluding tert-OH is 1. The minimum absolute atomic E-state index is 0.0981. The summed E-state index contributed by atoms with van der Waals surface area (Å²) in [7, 11) is 0. The van der Waals surface area contributed by atoms with Gasteiger partial charge in [0.15, 0.2) is 0 Å². The van der Waals surface area contributed by atoms with E-state index in [1.807, 2.05) is 0 Å². The monoisotopic (exact) mass is 237 g/mol. The fourth-order valence-electron chi connectivity index (χ4n) is 2.34. The number of aliphatic hydroxyl groups is 1. The van der Waals surface area contributed by atoms with Gasteiger partial charge in [-0.05, 0) is 18.9 Å². The molecule has 0 spiro atoms. The average Bonchev–Trinajstić information content (AvgIpc) is 2.27. The smallest absolute Gasteiger partial charge is 0.230 e. The van der Waals surface area contributed by atoms with E-state index in [9.17, 15) is 9.18 Å². The van der Waals surface area contributed by atoms with Crippen LogP contribution in [0.25, 0.3) is 0 Å². The minimum Gasteiger partial charge on any atom is -0.395 e. The Morgan fingerprint density at radius 2 is 2.12 bits per heavy atom. The normalized spacial score (nSPS) is 17.3. The summed E-state index contributed by atoms with van der Waals surface area (Å²) in [5, 5.41) is 11.4. The molecule has 0 aromatic heterocycles. The van der Waals surface area contributed by atoms with Gasteiger partial charge in [0.2, 0.25) is 5.91 Å². The highest BCUT2D eigenvalue weighted by Gasteiger charge is 2.46. The first-order valence-electron chi connectivity index (χ1n) is 5.85. The highest BCUT2D eigenvalue weighted by atomic mass is 19.1. The first-order valence-corrected chi connectivity index (χ1v) is 5.85. The number of nitrogens with one attached hydrogen (secondary N) is 1. The molecule has 1 aliphatic rings. The summed E-state index contributed by atoms with van der Waals surface area (Å²) in [5.41, 5.74) is -0.248. The minimum atomic E-state index is -0.722. The Balaban J connectivity index is 2.26. The van der Waals surface area contributed by atoms with Gasteiger partial charge < -0.3 is 10.4 Å². The molecule has 17 heavy (non-hydrogen) atoms. The summed E-state index contributed by atoms with van der Waals surface area (Å²) in [6.45, 7) is 0.119. The van der Waals surface area contributed by atoms with Crippen LogP contribution in [0.4, 0.5) is 4.39 Å². The van der Waals surface area contributed by atoms with Crippen LogP contribution in [0.1, 0.15) is 24.8 Å². The van der Waals surface area contributed by atoms with Crippen molar-refractivity contribution in [3.05, 3.63) is 35.6 Å². The number of carbonyl (C=O) groups excluding carboxylic acids is 1. The summed E-state index contributed by atoms with van der Waals surface area (Å²) in [6, 6.07) is 6.43. The lowest BCUT2D eigenvalue weighted by atomic mass is 9.63. The first kappa shape index (κ1) is 12.0. The van der Waals surface area contributed by atoms with Gasteiger partial charge in [0.1, 0.15) is 5.82 Å². The molecule has 1 fully saturated rings. The topological polar surface area (TPSA) is 49.3 Å². The number of benzene rings is 1.